The van der Waals surface area contributed by atoms with Crippen LogP contribution >= 0.6 is 0 Å². The van der Waals surface area contributed by atoms with E-state index >= 15 is 0 Å². The summed E-state index contributed by atoms with van der Waals surface area (Å²) < 4.78 is 11.1. The van der Waals surface area contributed by atoms with E-state index in [1.54, 1.807) is 0 Å². The van der Waals surface area contributed by atoms with Crippen LogP contribution in [0.4, 0.5) is 0 Å². The zero-order valence-electron chi connectivity index (χ0n) is 9.00. The van der Waals surface area contributed by atoms with Gasteiger partial charge in [-0.25, -0.2) is 0 Å². The standard InChI is InChI=1S/C11H21NO2/c1-9-10(4-6-13-9)7-12-8-11-3-2-5-14-11/h9-12H,2-8H2,1H3. The van der Waals surface area contributed by atoms with Gasteiger partial charge in [-0.1, -0.05) is 0 Å². The van der Waals surface area contributed by atoms with Crippen LogP contribution in [0.5, 0.6) is 0 Å². The molecule has 0 amide bonds. The van der Waals surface area contributed by atoms with Gasteiger partial charge in [-0.05, 0) is 32.1 Å². The Balaban J connectivity index is 1.57. The van der Waals surface area contributed by atoms with Gasteiger partial charge in [-0.2, -0.15) is 0 Å². The minimum absolute atomic E-state index is 0.437. The molecule has 0 aromatic heterocycles. The Kier molecular flexibility index (Phi) is 3.79. The van der Waals surface area contributed by atoms with Crippen LogP contribution in [0.2, 0.25) is 0 Å². The Morgan fingerprint density at radius 3 is 2.71 bits per heavy atom. The van der Waals surface area contributed by atoms with Crippen LogP contribution in [0.25, 0.3) is 0 Å². The van der Waals surface area contributed by atoms with Gasteiger partial charge in [0.15, 0.2) is 0 Å². The quantitative estimate of drug-likeness (QED) is 0.737. The molecular weight excluding hydrogens is 178 g/mol. The molecule has 3 unspecified atom stereocenters. The monoisotopic (exact) mass is 199 g/mol. The summed E-state index contributed by atoms with van der Waals surface area (Å²) in [6.45, 7) is 6.17. The van der Waals surface area contributed by atoms with Gasteiger partial charge < -0.3 is 14.8 Å². The van der Waals surface area contributed by atoms with Gasteiger partial charge >= 0.3 is 0 Å². The van der Waals surface area contributed by atoms with Crippen molar-refractivity contribution in [2.75, 3.05) is 26.3 Å². The molecule has 2 aliphatic rings. The number of hydrogen-bond acceptors (Lipinski definition) is 3. The molecule has 2 aliphatic heterocycles. The van der Waals surface area contributed by atoms with Crippen molar-refractivity contribution < 1.29 is 9.47 Å². The fraction of sp³-hybridized carbons (Fsp3) is 1.00. The average molecular weight is 199 g/mol. The fourth-order valence-corrected chi connectivity index (χ4v) is 2.28. The Bertz CT molecular complexity index is 169. The van der Waals surface area contributed by atoms with E-state index in [1.807, 2.05) is 0 Å². The van der Waals surface area contributed by atoms with E-state index in [0.717, 1.165) is 26.3 Å². The highest BCUT2D eigenvalue weighted by molar-refractivity contribution is 4.76. The van der Waals surface area contributed by atoms with Gasteiger partial charge in [0.1, 0.15) is 0 Å². The third-order valence-electron chi connectivity index (χ3n) is 3.34. The van der Waals surface area contributed by atoms with Crippen LogP contribution in [-0.4, -0.2) is 38.5 Å². The zero-order valence-corrected chi connectivity index (χ0v) is 9.00. The summed E-state index contributed by atoms with van der Waals surface area (Å²) >= 11 is 0. The number of ether oxygens (including phenoxy) is 2. The van der Waals surface area contributed by atoms with E-state index in [-0.39, 0.29) is 0 Å². The lowest BCUT2D eigenvalue weighted by atomic mass is 10.0. The highest BCUT2D eigenvalue weighted by Gasteiger charge is 2.24. The fourth-order valence-electron chi connectivity index (χ4n) is 2.28. The number of rotatable bonds is 4. The third kappa shape index (κ3) is 2.69. The highest BCUT2D eigenvalue weighted by Crippen LogP contribution is 2.19. The molecule has 3 nitrogen and oxygen atoms in total. The summed E-state index contributed by atoms with van der Waals surface area (Å²) in [6.07, 6.45) is 4.57. The van der Waals surface area contributed by atoms with Crippen molar-refractivity contribution in [3.05, 3.63) is 0 Å². The normalized spacial score (nSPS) is 37.9. The van der Waals surface area contributed by atoms with Gasteiger partial charge in [0.2, 0.25) is 0 Å². The van der Waals surface area contributed by atoms with E-state index in [1.165, 1.54) is 19.3 Å². The van der Waals surface area contributed by atoms with Gasteiger partial charge in [-0.3, -0.25) is 0 Å². The predicted molar refractivity (Wildman–Crippen MR) is 55.4 cm³/mol. The lowest BCUT2D eigenvalue weighted by Gasteiger charge is -2.16. The Morgan fingerprint density at radius 2 is 2.07 bits per heavy atom. The molecule has 2 fully saturated rings. The maximum absolute atomic E-state index is 5.55. The largest absolute Gasteiger partial charge is 0.378 e. The van der Waals surface area contributed by atoms with Crippen molar-refractivity contribution in [1.82, 2.24) is 5.32 Å². The molecule has 3 atom stereocenters. The predicted octanol–water partition coefficient (Wildman–Crippen LogP) is 1.18. The molecule has 1 N–H and O–H groups in total. The van der Waals surface area contributed by atoms with Crippen LogP contribution in [0, 0.1) is 5.92 Å². The topological polar surface area (TPSA) is 30.5 Å². The summed E-state index contributed by atoms with van der Waals surface area (Å²) in [5.41, 5.74) is 0. The van der Waals surface area contributed by atoms with Crippen LogP contribution < -0.4 is 5.32 Å². The molecule has 0 aromatic rings. The Hall–Kier alpha value is -0.120. The first-order valence-electron chi connectivity index (χ1n) is 5.80. The molecule has 82 valence electrons. The highest BCUT2D eigenvalue weighted by atomic mass is 16.5. The summed E-state index contributed by atoms with van der Waals surface area (Å²) in [5, 5.41) is 3.49. The second kappa shape index (κ2) is 5.10. The zero-order chi connectivity index (χ0) is 9.80. The van der Waals surface area contributed by atoms with E-state index in [0.29, 0.717) is 18.1 Å². The number of nitrogens with one attached hydrogen (secondary N) is 1. The van der Waals surface area contributed by atoms with Gasteiger partial charge in [0, 0.05) is 26.3 Å². The van der Waals surface area contributed by atoms with Gasteiger partial charge in [0.25, 0.3) is 0 Å². The second-order valence-corrected chi connectivity index (χ2v) is 4.42. The maximum atomic E-state index is 5.55. The van der Waals surface area contributed by atoms with Crippen LogP contribution in [0.15, 0.2) is 0 Å². The molecule has 3 heteroatoms. The summed E-state index contributed by atoms with van der Waals surface area (Å²) in [5.74, 6) is 0.705. The molecule has 2 saturated heterocycles. The van der Waals surface area contributed by atoms with E-state index in [4.69, 9.17) is 9.47 Å². The maximum Gasteiger partial charge on any atom is 0.0700 e. The molecular formula is C11H21NO2. The minimum atomic E-state index is 0.437. The van der Waals surface area contributed by atoms with Crippen molar-refractivity contribution >= 4 is 0 Å². The van der Waals surface area contributed by atoms with Crippen molar-refractivity contribution in [1.29, 1.82) is 0 Å². The van der Waals surface area contributed by atoms with Crippen molar-refractivity contribution in [2.45, 2.75) is 38.4 Å². The molecule has 0 aromatic carbocycles. The van der Waals surface area contributed by atoms with Crippen LogP contribution in [0.3, 0.4) is 0 Å². The molecule has 0 saturated carbocycles. The third-order valence-corrected chi connectivity index (χ3v) is 3.34. The Morgan fingerprint density at radius 1 is 1.14 bits per heavy atom. The molecule has 0 aliphatic carbocycles. The molecule has 0 radical (unpaired) electrons. The van der Waals surface area contributed by atoms with E-state index < -0.39 is 0 Å². The van der Waals surface area contributed by atoms with Crippen molar-refractivity contribution in [2.24, 2.45) is 5.92 Å². The first-order chi connectivity index (χ1) is 6.86. The Labute approximate surface area is 86.2 Å². The molecule has 0 bridgehead atoms. The smallest absolute Gasteiger partial charge is 0.0700 e. The average Bonchev–Trinajstić information content (AvgIpc) is 2.78. The SMILES string of the molecule is CC1OCCC1CNCC1CCCO1. The second-order valence-electron chi connectivity index (χ2n) is 4.42. The lowest BCUT2D eigenvalue weighted by molar-refractivity contribution is 0.0966. The van der Waals surface area contributed by atoms with Crippen molar-refractivity contribution in [3.63, 3.8) is 0 Å². The summed E-state index contributed by atoms with van der Waals surface area (Å²) in [7, 11) is 0. The molecule has 2 rings (SSSR count). The molecule has 14 heavy (non-hydrogen) atoms. The van der Waals surface area contributed by atoms with Gasteiger partial charge in [-0.15, -0.1) is 0 Å². The van der Waals surface area contributed by atoms with Gasteiger partial charge in [0.05, 0.1) is 12.2 Å². The molecule has 2 heterocycles. The van der Waals surface area contributed by atoms with Crippen LogP contribution in [-0.2, 0) is 9.47 Å². The van der Waals surface area contributed by atoms with E-state index in [2.05, 4.69) is 12.2 Å². The van der Waals surface area contributed by atoms with Crippen molar-refractivity contribution in [3.8, 4) is 0 Å². The number of hydrogen-bond donors (Lipinski definition) is 1. The van der Waals surface area contributed by atoms with Crippen LogP contribution in [0.1, 0.15) is 26.2 Å². The lowest BCUT2D eigenvalue weighted by Crippen LogP contribution is -2.32. The molecule has 0 spiro atoms. The van der Waals surface area contributed by atoms with E-state index in [9.17, 15) is 0 Å². The summed E-state index contributed by atoms with van der Waals surface area (Å²) in [4.78, 5) is 0. The minimum Gasteiger partial charge on any atom is -0.378 e. The first-order valence-corrected chi connectivity index (χ1v) is 5.80. The summed E-state index contributed by atoms with van der Waals surface area (Å²) in [6, 6.07) is 0. The first kappa shape index (κ1) is 10.4.